The van der Waals surface area contributed by atoms with E-state index < -0.39 is 0 Å². The molecule has 1 aromatic carbocycles. The van der Waals surface area contributed by atoms with Crippen LogP contribution in [0.3, 0.4) is 0 Å². The van der Waals surface area contributed by atoms with Crippen molar-refractivity contribution in [2.75, 3.05) is 11.9 Å². The number of rotatable bonds is 6. The van der Waals surface area contributed by atoms with Crippen LogP contribution in [0.1, 0.15) is 33.6 Å². The molecule has 0 fully saturated rings. The molecule has 4 rings (SSSR count). The van der Waals surface area contributed by atoms with Crippen LogP contribution in [0.25, 0.3) is 5.95 Å². The molecule has 9 heteroatoms. The van der Waals surface area contributed by atoms with Gasteiger partial charge in [0.15, 0.2) is 0 Å². The number of amides is 3. The highest BCUT2D eigenvalue weighted by atomic mass is 16.2. The molecule has 1 aliphatic heterocycles. The number of nitrogens with zero attached hydrogens (tertiary/aromatic N) is 5. The van der Waals surface area contributed by atoms with Crippen molar-refractivity contribution in [3.63, 3.8) is 0 Å². The summed E-state index contributed by atoms with van der Waals surface area (Å²) in [6, 6.07) is 8.47. The fraction of sp³-hybridized carbons (Fsp3) is 0.158. The van der Waals surface area contributed by atoms with Crippen LogP contribution in [0, 0.1) is 0 Å². The topological polar surface area (TPSA) is 110 Å². The smallest absolute Gasteiger partial charge is 0.261 e. The number of carbonyl (C=O) groups is 3. The predicted octanol–water partition coefficient (Wildman–Crippen LogP) is 1.68. The van der Waals surface area contributed by atoms with Crippen molar-refractivity contribution in [2.24, 2.45) is 0 Å². The Balaban J connectivity index is 1.28. The number of carbonyl (C=O) groups excluding carboxylic acids is 3. The summed E-state index contributed by atoms with van der Waals surface area (Å²) in [5, 5.41) is 6.72. The molecule has 1 N–H and O–H groups in total. The van der Waals surface area contributed by atoms with E-state index in [1.165, 1.54) is 22.0 Å². The van der Waals surface area contributed by atoms with Crippen LogP contribution in [0.2, 0.25) is 0 Å². The van der Waals surface area contributed by atoms with Gasteiger partial charge in [-0.3, -0.25) is 19.3 Å². The first-order chi connectivity index (χ1) is 13.6. The van der Waals surface area contributed by atoms with Crippen LogP contribution in [0.4, 0.5) is 5.69 Å². The summed E-state index contributed by atoms with van der Waals surface area (Å²) in [5.41, 5.74) is 1.28. The average molecular weight is 376 g/mol. The summed E-state index contributed by atoms with van der Waals surface area (Å²) in [6.45, 7) is 0.189. The molecule has 3 aromatic rings. The Morgan fingerprint density at radius 3 is 2.29 bits per heavy atom. The fourth-order valence-corrected chi connectivity index (χ4v) is 2.95. The van der Waals surface area contributed by atoms with Crippen molar-refractivity contribution in [1.82, 2.24) is 24.6 Å². The van der Waals surface area contributed by atoms with Crippen molar-refractivity contribution in [3.8, 4) is 5.95 Å². The molecule has 0 saturated heterocycles. The molecule has 1 aliphatic rings. The van der Waals surface area contributed by atoms with Crippen molar-refractivity contribution in [3.05, 3.63) is 66.2 Å². The van der Waals surface area contributed by atoms with Crippen LogP contribution >= 0.6 is 0 Å². The molecule has 0 unspecified atom stereocenters. The van der Waals surface area contributed by atoms with Gasteiger partial charge in [-0.25, -0.2) is 14.6 Å². The van der Waals surface area contributed by atoms with Crippen LogP contribution < -0.4 is 5.32 Å². The third kappa shape index (κ3) is 3.37. The molecule has 2 aromatic heterocycles. The number of fused-ring (bicyclic) bond motifs is 1. The Morgan fingerprint density at radius 1 is 1.00 bits per heavy atom. The van der Waals surface area contributed by atoms with E-state index >= 15 is 0 Å². The zero-order chi connectivity index (χ0) is 19.5. The number of hydrogen-bond donors (Lipinski definition) is 1. The summed E-state index contributed by atoms with van der Waals surface area (Å²) in [4.78, 5) is 46.1. The normalized spacial score (nSPS) is 12.9. The van der Waals surface area contributed by atoms with Gasteiger partial charge < -0.3 is 5.32 Å². The van der Waals surface area contributed by atoms with Crippen molar-refractivity contribution < 1.29 is 14.4 Å². The number of hydrogen-bond acceptors (Lipinski definition) is 6. The minimum Gasteiger partial charge on any atom is -0.323 e. The Bertz CT molecular complexity index is 995. The monoisotopic (exact) mass is 376 g/mol. The Labute approximate surface area is 160 Å². The molecule has 28 heavy (non-hydrogen) atoms. The van der Waals surface area contributed by atoms with E-state index in [1.807, 2.05) is 0 Å². The van der Waals surface area contributed by atoms with Crippen molar-refractivity contribution in [1.29, 1.82) is 0 Å². The molecule has 0 saturated carbocycles. The summed E-state index contributed by atoms with van der Waals surface area (Å²) >= 11 is 0. The second kappa shape index (κ2) is 7.39. The molecule has 0 radical (unpaired) electrons. The highest BCUT2D eigenvalue weighted by Gasteiger charge is 2.34. The first-order valence-corrected chi connectivity index (χ1v) is 8.70. The van der Waals surface area contributed by atoms with Crippen molar-refractivity contribution in [2.45, 2.75) is 12.8 Å². The van der Waals surface area contributed by atoms with Crippen molar-refractivity contribution >= 4 is 23.4 Å². The van der Waals surface area contributed by atoms with E-state index in [0.29, 0.717) is 29.2 Å². The maximum absolute atomic E-state index is 12.3. The van der Waals surface area contributed by atoms with Crippen LogP contribution in [0.15, 0.2) is 55.1 Å². The number of benzene rings is 1. The molecular weight excluding hydrogens is 360 g/mol. The summed E-state index contributed by atoms with van der Waals surface area (Å²) in [6.07, 6.45) is 6.84. The lowest BCUT2D eigenvalue weighted by Crippen LogP contribution is -2.31. The van der Waals surface area contributed by atoms with Crippen LogP contribution in [-0.4, -0.2) is 48.9 Å². The van der Waals surface area contributed by atoms with Gasteiger partial charge in [0, 0.05) is 25.4 Å². The van der Waals surface area contributed by atoms with E-state index in [-0.39, 0.29) is 30.7 Å². The standard InChI is InChI=1S/C19H16N6O3/c26-16(23-13-11-20-19(21-12-13)25-10-4-8-22-25)7-3-9-24-17(27)14-5-1-2-6-15(14)18(24)28/h1-2,4-6,8,10-12H,3,7,9H2,(H,23,26). The minimum absolute atomic E-state index is 0.161. The molecular formula is C19H16N6O3. The molecule has 140 valence electrons. The third-order valence-electron chi connectivity index (χ3n) is 4.30. The van der Waals surface area contributed by atoms with E-state index in [1.54, 1.807) is 42.7 Å². The molecule has 3 heterocycles. The molecule has 3 amide bonds. The van der Waals surface area contributed by atoms with E-state index in [2.05, 4.69) is 20.4 Å². The Morgan fingerprint density at radius 2 is 1.68 bits per heavy atom. The van der Waals surface area contributed by atoms with Gasteiger partial charge >= 0.3 is 0 Å². The molecule has 0 atom stereocenters. The van der Waals surface area contributed by atoms with Gasteiger partial charge in [0.05, 0.1) is 29.2 Å². The van der Waals surface area contributed by atoms with Gasteiger partial charge in [-0.15, -0.1) is 0 Å². The molecule has 0 spiro atoms. The maximum Gasteiger partial charge on any atom is 0.261 e. The van der Waals surface area contributed by atoms with Crippen LogP contribution in [-0.2, 0) is 4.79 Å². The number of imide groups is 1. The zero-order valence-corrected chi connectivity index (χ0v) is 14.8. The first kappa shape index (κ1) is 17.5. The lowest BCUT2D eigenvalue weighted by atomic mass is 10.1. The van der Waals surface area contributed by atoms with Gasteiger partial charge in [0.1, 0.15) is 0 Å². The average Bonchev–Trinajstić information content (AvgIpc) is 3.32. The van der Waals surface area contributed by atoms with Gasteiger partial charge in [0.25, 0.3) is 17.8 Å². The Kier molecular flexibility index (Phi) is 4.63. The Hall–Kier alpha value is -3.88. The molecule has 9 nitrogen and oxygen atoms in total. The predicted molar refractivity (Wildman–Crippen MR) is 98.8 cm³/mol. The summed E-state index contributed by atoms with van der Waals surface area (Å²) in [7, 11) is 0. The fourth-order valence-electron chi connectivity index (χ4n) is 2.95. The first-order valence-electron chi connectivity index (χ1n) is 8.70. The summed E-state index contributed by atoms with van der Waals surface area (Å²) < 4.78 is 1.51. The van der Waals surface area contributed by atoms with Gasteiger partial charge in [-0.1, -0.05) is 12.1 Å². The molecule has 0 aliphatic carbocycles. The highest BCUT2D eigenvalue weighted by molar-refractivity contribution is 6.21. The van der Waals surface area contributed by atoms with E-state index in [0.717, 1.165) is 0 Å². The third-order valence-corrected chi connectivity index (χ3v) is 4.30. The second-order valence-electron chi connectivity index (χ2n) is 6.18. The quantitative estimate of drug-likeness (QED) is 0.656. The van der Waals surface area contributed by atoms with Gasteiger partial charge in [0.2, 0.25) is 5.91 Å². The maximum atomic E-state index is 12.3. The summed E-state index contributed by atoms with van der Waals surface area (Å²) in [5.74, 6) is -0.479. The lowest BCUT2D eigenvalue weighted by molar-refractivity contribution is -0.116. The van der Waals surface area contributed by atoms with Crippen LogP contribution in [0.5, 0.6) is 0 Å². The van der Waals surface area contributed by atoms with E-state index in [4.69, 9.17) is 0 Å². The largest absolute Gasteiger partial charge is 0.323 e. The molecule has 0 bridgehead atoms. The number of anilines is 1. The number of aromatic nitrogens is 4. The second-order valence-corrected chi connectivity index (χ2v) is 6.18. The van der Waals surface area contributed by atoms with Gasteiger partial charge in [-0.05, 0) is 24.6 Å². The highest BCUT2D eigenvalue weighted by Crippen LogP contribution is 2.22. The SMILES string of the molecule is O=C(CCCN1C(=O)c2ccccc2C1=O)Nc1cnc(-n2cccn2)nc1. The van der Waals surface area contributed by atoms with Gasteiger partial charge in [-0.2, -0.15) is 5.10 Å². The van der Waals surface area contributed by atoms with E-state index in [9.17, 15) is 14.4 Å². The minimum atomic E-state index is -0.316. The number of nitrogens with one attached hydrogen (secondary N) is 1. The lowest BCUT2D eigenvalue weighted by Gasteiger charge is -2.13. The zero-order valence-electron chi connectivity index (χ0n) is 14.8.